The number of para-hydroxylation sites is 2. The molecule has 0 aromatic heterocycles. The molecule has 1 nitrogen and oxygen atoms in total. The Hall–Kier alpha value is -2.07. The van der Waals surface area contributed by atoms with Crippen LogP contribution in [-0.4, -0.2) is 0 Å². The lowest BCUT2D eigenvalue weighted by Gasteiger charge is -2.20. The summed E-state index contributed by atoms with van der Waals surface area (Å²) in [7, 11) is 0. The van der Waals surface area contributed by atoms with E-state index in [1.807, 2.05) is 12.1 Å². The second-order valence-corrected chi connectivity index (χ2v) is 6.15. The summed E-state index contributed by atoms with van der Waals surface area (Å²) in [5, 5.41) is 0. The van der Waals surface area contributed by atoms with Crippen LogP contribution in [0.5, 0.6) is 0 Å². The van der Waals surface area contributed by atoms with Gasteiger partial charge >= 0.3 is 0 Å². The Labute approximate surface area is 145 Å². The summed E-state index contributed by atoms with van der Waals surface area (Å²) < 4.78 is 1.25. The van der Waals surface area contributed by atoms with Crippen molar-refractivity contribution >= 4 is 40.0 Å². The summed E-state index contributed by atoms with van der Waals surface area (Å²) in [5.41, 5.74) is 3.49. The van der Waals surface area contributed by atoms with Crippen molar-refractivity contribution in [2.75, 3.05) is 4.90 Å². The zero-order valence-electron chi connectivity index (χ0n) is 12.1. The van der Waals surface area contributed by atoms with Crippen LogP contribution in [0, 0.1) is 3.57 Å². The molecule has 0 amide bonds. The summed E-state index contributed by atoms with van der Waals surface area (Å²) in [6.45, 7) is 0. The lowest BCUT2D eigenvalue weighted by atomic mass is 10.2. The highest BCUT2D eigenvalue weighted by atomic mass is 127. The number of nitrogens with zero attached hydrogens (tertiary/aromatic N) is 1. The van der Waals surface area contributed by atoms with E-state index in [1.54, 1.807) is 0 Å². The molecule has 0 heterocycles. The molecule has 0 saturated heterocycles. The number of halogens is 1. The van der Waals surface area contributed by atoms with Crippen LogP contribution in [-0.2, 0) is 0 Å². The maximum Gasteiger partial charge on any atom is 0.0455 e. The molecule has 3 aromatic carbocycles. The van der Waals surface area contributed by atoms with Crippen molar-refractivity contribution < 1.29 is 0 Å². The molecular weight excluding hydrogens is 381 g/mol. The number of anilines is 2. The van der Waals surface area contributed by atoms with Gasteiger partial charge in [-0.05, 0) is 70.6 Å². The Morgan fingerprint density at radius 3 is 1.64 bits per heavy atom. The summed E-state index contributed by atoms with van der Waals surface area (Å²) in [6.07, 6.45) is 4.25. The normalized spacial score (nSPS) is 10.8. The van der Waals surface area contributed by atoms with E-state index >= 15 is 0 Å². The summed E-state index contributed by atoms with van der Waals surface area (Å²) in [4.78, 5) is 2.19. The second kappa shape index (κ2) is 7.27. The third-order valence-corrected chi connectivity index (χ3v) is 4.07. The average Bonchev–Trinajstić information content (AvgIpc) is 2.59. The number of hydrogen-bond donors (Lipinski definition) is 0. The minimum atomic E-state index is 1.15. The Balaban J connectivity index is 1.94. The molecule has 0 aliphatic heterocycles. The van der Waals surface area contributed by atoms with Crippen molar-refractivity contribution in [1.29, 1.82) is 0 Å². The molecule has 3 rings (SSSR count). The van der Waals surface area contributed by atoms with Crippen molar-refractivity contribution in [3.05, 3.63) is 100 Å². The molecule has 0 bridgehead atoms. The molecule has 0 fully saturated rings. The van der Waals surface area contributed by atoms with Crippen LogP contribution < -0.4 is 4.90 Å². The Bertz CT molecular complexity index is 694. The van der Waals surface area contributed by atoms with Crippen LogP contribution in [0.3, 0.4) is 0 Å². The third-order valence-electron chi connectivity index (χ3n) is 3.35. The van der Waals surface area contributed by atoms with Crippen LogP contribution in [0.15, 0.2) is 91.1 Å². The van der Waals surface area contributed by atoms with Crippen LogP contribution in [0.4, 0.5) is 11.4 Å². The van der Waals surface area contributed by atoms with Gasteiger partial charge in [0.1, 0.15) is 0 Å². The Morgan fingerprint density at radius 2 is 1.14 bits per heavy atom. The highest BCUT2D eigenvalue weighted by Gasteiger charge is 2.04. The first-order chi connectivity index (χ1) is 10.8. The van der Waals surface area contributed by atoms with Gasteiger partial charge in [-0.3, -0.25) is 0 Å². The summed E-state index contributed by atoms with van der Waals surface area (Å²) >= 11 is 2.32. The lowest BCUT2D eigenvalue weighted by Crippen LogP contribution is -2.07. The fraction of sp³-hybridized carbons (Fsp3) is 0. The van der Waals surface area contributed by atoms with E-state index in [4.69, 9.17) is 0 Å². The van der Waals surface area contributed by atoms with Crippen molar-refractivity contribution in [3.8, 4) is 0 Å². The fourth-order valence-corrected chi connectivity index (χ4v) is 2.59. The maximum absolute atomic E-state index is 2.32. The smallest absolute Gasteiger partial charge is 0.0455 e. The molecule has 0 radical (unpaired) electrons. The number of hydrogen-bond acceptors (Lipinski definition) is 1. The average molecular weight is 397 g/mol. The summed E-state index contributed by atoms with van der Waals surface area (Å²) in [5.74, 6) is 0. The lowest BCUT2D eigenvalue weighted by molar-refractivity contribution is 1.29. The molecule has 0 saturated carbocycles. The fourth-order valence-electron chi connectivity index (χ4n) is 2.23. The quantitative estimate of drug-likeness (QED) is 0.481. The van der Waals surface area contributed by atoms with Crippen molar-refractivity contribution in [3.63, 3.8) is 0 Å². The zero-order chi connectivity index (χ0) is 15.2. The van der Waals surface area contributed by atoms with E-state index in [0.717, 1.165) is 11.4 Å². The van der Waals surface area contributed by atoms with Gasteiger partial charge in [-0.1, -0.05) is 48.5 Å². The third kappa shape index (κ3) is 3.77. The van der Waals surface area contributed by atoms with E-state index in [0.29, 0.717) is 0 Å². The van der Waals surface area contributed by atoms with Gasteiger partial charge in [-0.25, -0.2) is 0 Å². The number of rotatable bonds is 4. The van der Waals surface area contributed by atoms with Crippen molar-refractivity contribution in [2.45, 2.75) is 0 Å². The maximum atomic E-state index is 2.32. The Kier molecular flexibility index (Phi) is 4.91. The number of benzene rings is 3. The van der Waals surface area contributed by atoms with Gasteiger partial charge in [0.25, 0.3) is 0 Å². The SMILES string of the molecule is Ic1ccc(/C=C/N(c2ccccc2)c2ccccc2)cc1. The van der Waals surface area contributed by atoms with E-state index in [1.165, 1.54) is 9.13 Å². The van der Waals surface area contributed by atoms with Crippen molar-refractivity contribution in [1.82, 2.24) is 0 Å². The monoisotopic (exact) mass is 397 g/mol. The molecule has 0 aliphatic carbocycles. The Morgan fingerprint density at radius 1 is 0.636 bits per heavy atom. The molecule has 0 atom stereocenters. The predicted octanol–water partition coefficient (Wildman–Crippen LogP) is 6.10. The van der Waals surface area contributed by atoms with Crippen LogP contribution >= 0.6 is 22.6 Å². The highest BCUT2D eigenvalue weighted by molar-refractivity contribution is 14.1. The first kappa shape index (κ1) is 14.9. The van der Waals surface area contributed by atoms with Gasteiger partial charge in [0.15, 0.2) is 0 Å². The molecular formula is C20H16IN. The standard InChI is InChI=1S/C20H16IN/c21-18-13-11-17(12-14-18)15-16-22(19-7-3-1-4-8-19)20-9-5-2-6-10-20/h1-16H/b16-15+. The first-order valence-electron chi connectivity index (χ1n) is 7.16. The molecule has 3 aromatic rings. The van der Waals surface area contributed by atoms with Crippen LogP contribution in [0.25, 0.3) is 6.08 Å². The van der Waals surface area contributed by atoms with E-state index < -0.39 is 0 Å². The van der Waals surface area contributed by atoms with Crippen molar-refractivity contribution in [2.24, 2.45) is 0 Å². The molecule has 22 heavy (non-hydrogen) atoms. The van der Waals surface area contributed by atoms with E-state index in [2.05, 4.69) is 113 Å². The van der Waals surface area contributed by atoms with Crippen LogP contribution in [0.1, 0.15) is 5.56 Å². The van der Waals surface area contributed by atoms with Gasteiger partial charge in [0.2, 0.25) is 0 Å². The van der Waals surface area contributed by atoms with Gasteiger partial charge in [-0.15, -0.1) is 0 Å². The largest absolute Gasteiger partial charge is 0.317 e. The van der Waals surface area contributed by atoms with Gasteiger partial charge in [-0.2, -0.15) is 0 Å². The highest BCUT2D eigenvalue weighted by Crippen LogP contribution is 2.25. The van der Waals surface area contributed by atoms with Gasteiger partial charge in [0, 0.05) is 21.1 Å². The topological polar surface area (TPSA) is 3.24 Å². The molecule has 0 unspecified atom stereocenters. The molecule has 0 N–H and O–H groups in total. The van der Waals surface area contributed by atoms with Gasteiger partial charge in [0.05, 0.1) is 0 Å². The molecule has 2 heteroatoms. The van der Waals surface area contributed by atoms with E-state index in [9.17, 15) is 0 Å². The molecule has 0 aliphatic rings. The van der Waals surface area contributed by atoms with E-state index in [-0.39, 0.29) is 0 Å². The van der Waals surface area contributed by atoms with Crippen LogP contribution in [0.2, 0.25) is 0 Å². The molecule has 108 valence electrons. The summed E-state index contributed by atoms with van der Waals surface area (Å²) in [6, 6.07) is 29.3. The predicted molar refractivity (Wildman–Crippen MR) is 103 cm³/mol. The zero-order valence-corrected chi connectivity index (χ0v) is 14.2. The molecule has 0 spiro atoms. The van der Waals surface area contributed by atoms with Gasteiger partial charge < -0.3 is 4.90 Å². The minimum Gasteiger partial charge on any atom is -0.317 e. The minimum absolute atomic E-state index is 1.15. The second-order valence-electron chi connectivity index (χ2n) is 4.91. The first-order valence-corrected chi connectivity index (χ1v) is 8.24.